The van der Waals surface area contributed by atoms with E-state index < -0.39 is 0 Å². The number of carbonyl (C=O) groups excluding carboxylic acids is 1. The Kier molecular flexibility index (Phi) is 6.02. The van der Waals surface area contributed by atoms with E-state index in [1.54, 1.807) is 11.8 Å². The molecule has 1 fully saturated rings. The van der Waals surface area contributed by atoms with Crippen LogP contribution in [0.1, 0.15) is 21.6 Å². The topological polar surface area (TPSA) is 63.5 Å². The van der Waals surface area contributed by atoms with E-state index in [1.165, 1.54) is 5.56 Å². The number of aryl methyl sites for hydroxylation is 2. The Labute approximate surface area is 199 Å². The highest BCUT2D eigenvalue weighted by atomic mass is 16.5. The molecular formula is C27H29N5O2. The van der Waals surface area contributed by atoms with Crippen LogP contribution in [-0.2, 0) is 13.6 Å². The van der Waals surface area contributed by atoms with Gasteiger partial charge in [0, 0.05) is 45.3 Å². The molecule has 0 saturated carbocycles. The second-order valence-electron chi connectivity index (χ2n) is 8.75. The SMILES string of the molecule is COc1ccc(CN2CCN(C(=O)c3cc(-c4ccccc4)nc4c3c(C)nn4C)CC2)cc1. The molecule has 7 heteroatoms. The van der Waals surface area contributed by atoms with Crippen LogP contribution in [-0.4, -0.2) is 63.8 Å². The summed E-state index contributed by atoms with van der Waals surface area (Å²) in [4.78, 5) is 22.9. The number of aromatic nitrogens is 3. The summed E-state index contributed by atoms with van der Waals surface area (Å²) >= 11 is 0. The van der Waals surface area contributed by atoms with Crippen LogP contribution >= 0.6 is 0 Å². The van der Waals surface area contributed by atoms with Gasteiger partial charge in [-0.25, -0.2) is 4.98 Å². The number of benzene rings is 2. The lowest BCUT2D eigenvalue weighted by molar-refractivity contribution is 0.0630. The molecule has 0 atom stereocenters. The maximum absolute atomic E-state index is 13.7. The van der Waals surface area contributed by atoms with E-state index in [2.05, 4.69) is 22.1 Å². The van der Waals surface area contributed by atoms with Gasteiger partial charge in [-0.1, -0.05) is 42.5 Å². The molecule has 7 nitrogen and oxygen atoms in total. The summed E-state index contributed by atoms with van der Waals surface area (Å²) in [6, 6.07) is 20.1. The molecule has 0 N–H and O–H groups in total. The molecule has 1 saturated heterocycles. The van der Waals surface area contributed by atoms with Crippen LogP contribution < -0.4 is 4.74 Å². The molecular weight excluding hydrogens is 426 g/mol. The lowest BCUT2D eigenvalue weighted by atomic mass is 10.0. The highest BCUT2D eigenvalue weighted by Gasteiger charge is 2.26. The minimum Gasteiger partial charge on any atom is -0.497 e. The Morgan fingerprint density at radius 1 is 1.00 bits per heavy atom. The van der Waals surface area contributed by atoms with Gasteiger partial charge in [0.25, 0.3) is 5.91 Å². The van der Waals surface area contributed by atoms with E-state index >= 15 is 0 Å². The van der Waals surface area contributed by atoms with Gasteiger partial charge in [-0.2, -0.15) is 5.10 Å². The summed E-state index contributed by atoms with van der Waals surface area (Å²) < 4.78 is 7.01. The van der Waals surface area contributed by atoms with Crippen molar-refractivity contribution >= 4 is 16.9 Å². The van der Waals surface area contributed by atoms with Crippen molar-refractivity contribution in [3.8, 4) is 17.0 Å². The Morgan fingerprint density at radius 3 is 2.38 bits per heavy atom. The second kappa shape index (κ2) is 9.27. The lowest BCUT2D eigenvalue weighted by Crippen LogP contribution is -2.48. The fourth-order valence-electron chi connectivity index (χ4n) is 4.64. The van der Waals surface area contributed by atoms with Crippen molar-refractivity contribution in [2.24, 2.45) is 7.05 Å². The van der Waals surface area contributed by atoms with Crippen LogP contribution in [0.4, 0.5) is 0 Å². The molecule has 0 bridgehead atoms. The van der Waals surface area contributed by atoms with Crippen molar-refractivity contribution < 1.29 is 9.53 Å². The van der Waals surface area contributed by atoms with Gasteiger partial charge >= 0.3 is 0 Å². The largest absolute Gasteiger partial charge is 0.497 e. The average molecular weight is 456 g/mol. The number of piperazine rings is 1. The van der Waals surface area contributed by atoms with Crippen molar-refractivity contribution in [2.75, 3.05) is 33.3 Å². The zero-order valence-corrected chi connectivity index (χ0v) is 19.9. The predicted octanol–water partition coefficient (Wildman–Crippen LogP) is 3.91. The Balaban J connectivity index is 1.37. The van der Waals surface area contributed by atoms with Crippen LogP contribution in [0.15, 0.2) is 60.7 Å². The third kappa shape index (κ3) is 4.26. The second-order valence-corrected chi connectivity index (χ2v) is 8.75. The van der Waals surface area contributed by atoms with Gasteiger partial charge < -0.3 is 9.64 Å². The fraction of sp³-hybridized carbons (Fsp3) is 0.296. The summed E-state index contributed by atoms with van der Waals surface area (Å²) in [5.74, 6) is 0.910. The first-order chi connectivity index (χ1) is 16.5. The monoisotopic (exact) mass is 455 g/mol. The number of hydrogen-bond donors (Lipinski definition) is 0. The van der Waals surface area contributed by atoms with Crippen molar-refractivity contribution in [2.45, 2.75) is 13.5 Å². The number of amides is 1. The molecule has 1 amide bonds. The van der Waals surface area contributed by atoms with E-state index in [9.17, 15) is 4.79 Å². The van der Waals surface area contributed by atoms with E-state index in [-0.39, 0.29) is 5.91 Å². The summed E-state index contributed by atoms with van der Waals surface area (Å²) in [6.07, 6.45) is 0. The molecule has 4 aromatic rings. The number of methoxy groups -OCH3 is 1. The molecule has 2 aromatic heterocycles. The zero-order chi connectivity index (χ0) is 23.7. The van der Waals surface area contributed by atoms with Gasteiger partial charge in [0.05, 0.1) is 29.4 Å². The summed E-state index contributed by atoms with van der Waals surface area (Å²) in [5, 5.41) is 5.39. The van der Waals surface area contributed by atoms with Crippen LogP contribution in [0.3, 0.4) is 0 Å². The van der Waals surface area contributed by atoms with Gasteiger partial charge in [-0.3, -0.25) is 14.4 Å². The predicted molar refractivity (Wildman–Crippen MR) is 133 cm³/mol. The van der Waals surface area contributed by atoms with Crippen LogP contribution in [0.2, 0.25) is 0 Å². The Bertz CT molecular complexity index is 1310. The minimum atomic E-state index is 0.0461. The molecule has 1 aliphatic rings. The number of rotatable bonds is 5. The Hall–Kier alpha value is -3.71. The van der Waals surface area contributed by atoms with Gasteiger partial charge in [-0.05, 0) is 30.7 Å². The molecule has 34 heavy (non-hydrogen) atoms. The molecule has 0 radical (unpaired) electrons. The number of ether oxygens (including phenoxy) is 1. The Morgan fingerprint density at radius 2 is 1.71 bits per heavy atom. The number of nitrogens with zero attached hydrogens (tertiary/aromatic N) is 5. The van der Waals surface area contributed by atoms with Crippen molar-refractivity contribution in [1.29, 1.82) is 0 Å². The summed E-state index contributed by atoms with van der Waals surface area (Å²) in [6.45, 7) is 5.87. The van der Waals surface area contributed by atoms with Crippen molar-refractivity contribution in [3.05, 3.63) is 77.5 Å². The fourth-order valence-corrected chi connectivity index (χ4v) is 4.64. The van der Waals surface area contributed by atoms with Gasteiger partial charge in [-0.15, -0.1) is 0 Å². The van der Waals surface area contributed by atoms with Crippen molar-refractivity contribution in [3.63, 3.8) is 0 Å². The van der Waals surface area contributed by atoms with E-state index in [1.807, 2.05) is 67.4 Å². The molecule has 0 aliphatic carbocycles. The normalized spacial score (nSPS) is 14.5. The lowest BCUT2D eigenvalue weighted by Gasteiger charge is -2.35. The van der Waals surface area contributed by atoms with E-state index in [0.717, 1.165) is 53.4 Å². The molecule has 3 heterocycles. The third-order valence-corrected chi connectivity index (χ3v) is 6.49. The minimum absolute atomic E-state index is 0.0461. The van der Waals surface area contributed by atoms with Crippen LogP contribution in [0.5, 0.6) is 5.75 Å². The molecule has 1 aliphatic heterocycles. The number of hydrogen-bond acceptors (Lipinski definition) is 5. The average Bonchev–Trinajstić information content (AvgIpc) is 3.17. The third-order valence-electron chi connectivity index (χ3n) is 6.49. The number of carbonyl (C=O) groups is 1. The quantitative estimate of drug-likeness (QED) is 0.457. The maximum atomic E-state index is 13.7. The van der Waals surface area contributed by atoms with E-state index in [0.29, 0.717) is 18.7 Å². The molecule has 2 aromatic carbocycles. The number of pyridine rings is 1. The molecule has 174 valence electrons. The van der Waals surface area contributed by atoms with Gasteiger partial charge in [0.2, 0.25) is 0 Å². The van der Waals surface area contributed by atoms with Crippen LogP contribution in [0.25, 0.3) is 22.3 Å². The molecule has 0 unspecified atom stereocenters. The first-order valence-electron chi connectivity index (χ1n) is 11.6. The summed E-state index contributed by atoms with van der Waals surface area (Å²) in [5.41, 5.74) is 5.26. The first kappa shape index (κ1) is 22.1. The van der Waals surface area contributed by atoms with Crippen LogP contribution in [0, 0.1) is 6.92 Å². The summed E-state index contributed by atoms with van der Waals surface area (Å²) in [7, 11) is 3.56. The highest BCUT2D eigenvalue weighted by molar-refractivity contribution is 6.07. The molecule has 0 spiro atoms. The van der Waals surface area contributed by atoms with Gasteiger partial charge in [0.1, 0.15) is 5.75 Å². The van der Waals surface area contributed by atoms with Gasteiger partial charge in [0.15, 0.2) is 5.65 Å². The number of fused-ring (bicyclic) bond motifs is 1. The van der Waals surface area contributed by atoms with Crippen molar-refractivity contribution in [1.82, 2.24) is 24.6 Å². The highest BCUT2D eigenvalue weighted by Crippen LogP contribution is 2.28. The maximum Gasteiger partial charge on any atom is 0.254 e. The molecule has 5 rings (SSSR count). The smallest absolute Gasteiger partial charge is 0.254 e. The first-order valence-corrected chi connectivity index (χ1v) is 11.6. The zero-order valence-electron chi connectivity index (χ0n) is 19.9. The van der Waals surface area contributed by atoms with E-state index in [4.69, 9.17) is 9.72 Å². The standard InChI is InChI=1S/C27H29N5O2/c1-19-25-23(17-24(21-7-5-4-6-8-21)28-26(25)30(2)29-19)27(33)32-15-13-31(14-16-32)18-20-9-11-22(34-3)12-10-20/h4-12,17H,13-16,18H2,1-3H3.